The average molecular weight is 425 g/mol. The van der Waals surface area contributed by atoms with Gasteiger partial charge in [0.25, 0.3) is 0 Å². The highest BCUT2D eigenvalue weighted by Gasteiger charge is 2.65. The van der Waals surface area contributed by atoms with Crippen LogP contribution < -0.4 is 0 Å². The molecule has 6 heteroatoms. The number of carbonyl (C=O) groups is 1. The zero-order valence-electron chi connectivity index (χ0n) is 18.7. The normalized spacial score (nSPS) is 45.2. The summed E-state index contributed by atoms with van der Waals surface area (Å²) in [6.45, 7) is 6.31. The maximum absolute atomic E-state index is 11.3. The van der Waals surface area contributed by atoms with Crippen LogP contribution >= 0.6 is 0 Å². The molecule has 30 heavy (non-hydrogen) atoms. The van der Waals surface area contributed by atoms with Gasteiger partial charge in [0.05, 0.1) is 0 Å². The standard InChI is InChI=1S/C24H40O6/c1-14(23(27,28)24(29,30)20(25)26)17-9-10-18-16-8-7-15-6-4-5-12-21(15,2)19(16)11-13-22(17,18)3/h14-19,27-30H,4-13H2,1-3H3,(H,25,26)/t14-,15?,16-,17+,18-,19-,21-,22+/m0/s1. The second-order valence-corrected chi connectivity index (χ2v) is 11.6. The minimum Gasteiger partial charge on any atom is -0.477 e. The summed E-state index contributed by atoms with van der Waals surface area (Å²) in [4.78, 5) is 11.3. The second-order valence-electron chi connectivity index (χ2n) is 11.6. The fraction of sp³-hybridized carbons (Fsp3) is 0.958. The van der Waals surface area contributed by atoms with Crippen molar-refractivity contribution in [1.29, 1.82) is 0 Å². The minimum atomic E-state index is -3.59. The molecule has 4 rings (SSSR count). The summed E-state index contributed by atoms with van der Waals surface area (Å²) in [6, 6.07) is 0. The van der Waals surface area contributed by atoms with Crippen molar-refractivity contribution in [2.75, 3.05) is 0 Å². The van der Waals surface area contributed by atoms with Gasteiger partial charge in [0.1, 0.15) is 0 Å². The maximum atomic E-state index is 11.3. The number of aliphatic hydroxyl groups is 4. The average Bonchev–Trinajstić information content (AvgIpc) is 3.03. The molecule has 0 radical (unpaired) electrons. The molecule has 4 fully saturated rings. The molecule has 172 valence electrons. The lowest BCUT2D eigenvalue weighted by Gasteiger charge is -2.61. The van der Waals surface area contributed by atoms with E-state index in [9.17, 15) is 25.2 Å². The highest BCUT2D eigenvalue weighted by molar-refractivity contribution is 5.76. The predicted octanol–water partition coefficient (Wildman–Crippen LogP) is 3.12. The Kier molecular flexibility index (Phi) is 5.37. The second kappa shape index (κ2) is 7.16. The van der Waals surface area contributed by atoms with Crippen LogP contribution in [0.5, 0.6) is 0 Å². The van der Waals surface area contributed by atoms with E-state index in [2.05, 4.69) is 13.8 Å². The Morgan fingerprint density at radius 1 is 0.867 bits per heavy atom. The van der Waals surface area contributed by atoms with Gasteiger partial charge in [0, 0.05) is 5.92 Å². The van der Waals surface area contributed by atoms with Gasteiger partial charge in [-0.2, -0.15) is 0 Å². The zero-order chi connectivity index (χ0) is 22.1. The number of fused-ring (bicyclic) bond motifs is 5. The van der Waals surface area contributed by atoms with Crippen LogP contribution in [0.1, 0.15) is 85.0 Å². The van der Waals surface area contributed by atoms with Crippen molar-refractivity contribution in [3.05, 3.63) is 0 Å². The Morgan fingerprint density at radius 3 is 2.20 bits per heavy atom. The van der Waals surface area contributed by atoms with E-state index in [4.69, 9.17) is 5.11 Å². The molecule has 0 aromatic carbocycles. The molecule has 0 aromatic heterocycles. The molecule has 0 aromatic rings. The van der Waals surface area contributed by atoms with Gasteiger partial charge in [-0.25, -0.2) is 4.79 Å². The first kappa shape index (κ1) is 22.5. The number of hydrogen-bond acceptors (Lipinski definition) is 5. The van der Waals surface area contributed by atoms with E-state index in [0.717, 1.165) is 37.5 Å². The van der Waals surface area contributed by atoms with E-state index in [1.54, 1.807) is 6.92 Å². The van der Waals surface area contributed by atoms with Crippen LogP contribution in [0.2, 0.25) is 0 Å². The molecule has 0 aliphatic heterocycles. The summed E-state index contributed by atoms with van der Waals surface area (Å²) in [5, 5.41) is 50.1. The van der Waals surface area contributed by atoms with Gasteiger partial charge >= 0.3 is 11.8 Å². The van der Waals surface area contributed by atoms with Crippen molar-refractivity contribution in [2.45, 2.75) is 96.6 Å². The van der Waals surface area contributed by atoms with Gasteiger partial charge in [0.15, 0.2) is 0 Å². The SMILES string of the molecule is C[C@@H]([C@H]1CC[C@H]2[C@@H]3CCC4CCCC[C@]4(C)[C@H]3CC[C@]12C)C(O)(O)C(O)(O)C(=O)O. The molecule has 0 spiro atoms. The van der Waals surface area contributed by atoms with Crippen LogP contribution in [0.3, 0.4) is 0 Å². The van der Waals surface area contributed by atoms with Crippen LogP contribution in [0.25, 0.3) is 0 Å². The van der Waals surface area contributed by atoms with Crippen molar-refractivity contribution in [3.8, 4) is 0 Å². The number of carboxylic acids is 1. The Balaban J connectivity index is 1.59. The molecule has 6 nitrogen and oxygen atoms in total. The van der Waals surface area contributed by atoms with Crippen molar-refractivity contribution in [3.63, 3.8) is 0 Å². The monoisotopic (exact) mass is 424 g/mol. The lowest BCUT2D eigenvalue weighted by atomic mass is 9.44. The molecule has 0 saturated heterocycles. The third kappa shape index (κ3) is 2.93. The Morgan fingerprint density at radius 2 is 1.53 bits per heavy atom. The summed E-state index contributed by atoms with van der Waals surface area (Å²) in [5.74, 6) is -7.16. The van der Waals surface area contributed by atoms with Crippen LogP contribution in [-0.2, 0) is 4.79 Å². The van der Waals surface area contributed by atoms with Gasteiger partial charge in [-0.15, -0.1) is 0 Å². The fourth-order valence-electron chi connectivity index (χ4n) is 8.91. The highest BCUT2D eigenvalue weighted by Crippen LogP contribution is 2.68. The first-order chi connectivity index (χ1) is 13.9. The summed E-state index contributed by atoms with van der Waals surface area (Å²) in [6.07, 6.45) is 11.8. The molecule has 5 N–H and O–H groups in total. The third-order valence-electron chi connectivity index (χ3n) is 10.7. The minimum absolute atomic E-state index is 0.135. The Hall–Kier alpha value is -0.690. The van der Waals surface area contributed by atoms with Gasteiger partial charge in [-0.3, -0.25) is 0 Å². The molecule has 4 aliphatic rings. The van der Waals surface area contributed by atoms with E-state index < -0.39 is 23.5 Å². The van der Waals surface area contributed by atoms with Gasteiger partial charge in [-0.1, -0.05) is 33.6 Å². The Bertz CT molecular complexity index is 689. The molecule has 0 bridgehead atoms. The topological polar surface area (TPSA) is 118 Å². The van der Waals surface area contributed by atoms with E-state index in [0.29, 0.717) is 17.3 Å². The smallest absolute Gasteiger partial charge is 0.370 e. The summed E-state index contributed by atoms with van der Waals surface area (Å²) in [7, 11) is 0. The van der Waals surface area contributed by atoms with Crippen LogP contribution in [-0.4, -0.2) is 43.1 Å². The third-order valence-corrected chi connectivity index (χ3v) is 10.7. The number of carboxylic acid groups (broad SMARTS) is 1. The van der Waals surface area contributed by atoms with E-state index in [1.807, 2.05) is 0 Å². The summed E-state index contributed by atoms with van der Waals surface area (Å²) in [5.41, 5.74) is 0.294. The first-order valence-corrected chi connectivity index (χ1v) is 12.0. The molecule has 4 saturated carbocycles. The summed E-state index contributed by atoms with van der Waals surface area (Å²) < 4.78 is 0. The van der Waals surface area contributed by atoms with Crippen LogP contribution in [0.15, 0.2) is 0 Å². The van der Waals surface area contributed by atoms with E-state index in [-0.39, 0.29) is 11.3 Å². The van der Waals surface area contributed by atoms with Gasteiger partial charge in [0.2, 0.25) is 5.79 Å². The van der Waals surface area contributed by atoms with Crippen molar-refractivity contribution in [2.24, 2.45) is 46.3 Å². The van der Waals surface area contributed by atoms with E-state index >= 15 is 0 Å². The van der Waals surface area contributed by atoms with Gasteiger partial charge < -0.3 is 25.5 Å². The molecule has 4 aliphatic carbocycles. The predicted molar refractivity (Wildman–Crippen MR) is 111 cm³/mol. The van der Waals surface area contributed by atoms with Crippen molar-refractivity contribution in [1.82, 2.24) is 0 Å². The number of hydrogen-bond donors (Lipinski definition) is 5. The summed E-state index contributed by atoms with van der Waals surface area (Å²) >= 11 is 0. The first-order valence-electron chi connectivity index (χ1n) is 12.0. The largest absolute Gasteiger partial charge is 0.477 e. The molecule has 0 heterocycles. The van der Waals surface area contributed by atoms with Crippen LogP contribution in [0.4, 0.5) is 0 Å². The number of rotatable bonds is 4. The lowest BCUT2D eigenvalue weighted by Crippen LogP contribution is -2.65. The molecular weight excluding hydrogens is 384 g/mol. The van der Waals surface area contributed by atoms with Crippen molar-refractivity contribution < 1.29 is 30.3 Å². The maximum Gasteiger partial charge on any atom is 0.370 e. The van der Waals surface area contributed by atoms with Crippen LogP contribution in [0, 0.1) is 46.3 Å². The highest BCUT2D eigenvalue weighted by atomic mass is 16.6. The Labute approximate surface area is 179 Å². The molecule has 0 amide bonds. The molecule has 8 atom stereocenters. The molecular formula is C24H40O6. The lowest BCUT2D eigenvalue weighted by molar-refractivity contribution is -0.369. The quantitative estimate of drug-likeness (QED) is 0.443. The van der Waals surface area contributed by atoms with E-state index in [1.165, 1.54) is 38.5 Å². The fourth-order valence-corrected chi connectivity index (χ4v) is 8.91. The number of aliphatic carboxylic acids is 1. The zero-order valence-corrected chi connectivity index (χ0v) is 18.7. The van der Waals surface area contributed by atoms with Gasteiger partial charge in [-0.05, 0) is 91.8 Å². The van der Waals surface area contributed by atoms with Crippen molar-refractivity contribution >= 4 is 5.97 Å². The molecule has 1 unspecified atom stereocenters.